The summed E-state index contributed by atoms with van der Waals surface area (Å²) in [6.45, 7) is 2.70. The maximum atomic E-state index is 5.67. The Hall–Kier alpha value is -2.51. The molecule has 0 atom stereocenters. The zero-order chi connectivity index (χ0) is 17.2. The molecule has 0 saturated carbocycles. The number of ether oxygens (including phenoxy) is 1. The molecular weight excluding hydrogens is 334 g/mol. The molecule has 0 spiro atoms. The monoisotopic (exact) mass is 353 g/mol. The SMILES string of the molecule is COc1cccc(-c2ncc(CN3CCc4nc(N)ncc4C3)s2)c1. The second-order valence-corrected chi connectivity index (χ2v) is 7.14. The molecule has 3 aromatic rings. The topological polar surface area (TPSA) is 77.2 Å². The van der Waals surface area contributed by atoms with Gasteiger partial charge in [0.05, 0.1) is 12.8 Å². The summed E-state index contributed by atoms with van der Waals surface area (Å²) in [4.78, 5) is 16.7. The zero-order valence-electron chi connectivity index (χ0n) is 14.0. The van der Waals surface area contributed by atoms with Crippen molar-refractivity contribution in [2.45, 2.75) is 19.5 Å². The van der Waals surface area contributed by atoms with E-state index in [1.54, 1.807) is 18.4 Å². The summed E-state index contributed by atoms with van der Waals surface area (Å²) in [7, 11) is 1.68. The highest BCUT2D eigenvalue weighted by Gasteiger charge is 2.19. The number of thiazole rings is 1. The lowest BCUT2D eigenvalue weighted by atomic mass is 10.1. The molecule has 1 aliphatic heterocycles. The van der Waals surface area contributed by atoms with Crippen LogP contribution in [0.3, 0.4) is 0 Å². The van der Waals surface area contributed by atoms with Gasteiger partial charge < -0.3 is 10.5 Å². The van der Waals surface area contributed by atoms with Gasteiger partial charge in [0.2, 0.25) is 5.95 Å². The molecule has 0 unspecified atom stereocenters. The molecule has 7 heteroatoms. The predicted molar refractivity (Wildman–Crippen MR) is 98.4 cm³/mol. The smallest absolute Gasteiger partial charge is 0.220 e. The van der Waals surface area contributed by atoms with Crippen LogP contribution in [0.1, 0.15) is 16.1 Å². The van der Waals surface area contributed by atoms with Crippen LogP contribution in [0, 0.1) is 0 Å². The number of rotatable bonds is 4. The number of nitrogens with two attached hydrogens (primary N) is 1. The van der Waals surface area contributed by atoms with Gasteiger partial charge in [0.15, 0.2) is 0 Å². The van der Waals surface area contributed by atoms with Crippen LogP contribution in [0.5, 0.6) is 5.75 Å². The normalized spacial score (nSPS) is 14.3. The molecular formula is C18H19N5OS. The van der Waals surface area contributed by atoms with Gasteiger partial charge >= 0.3 is 0 Å². The maximum Gasteiger partial charge on any atom is 0.220 e. The molecule has 0 bridgehead atoms. The molecule has 25 heavy (non-hydrogen) atoms. The van der Waals surface area contributed by atoms with Gasteiger partial charge in [0.1, 0.15) is 10.8 Å². The molecule has 2 N–H and O–H groups in total. The lowest BCUT2D eigenvalue weighted by Crippen LogP contribution is -2.30. The average Bonchev–Trinajstić information content (AvgIpc) is 3.10. The van der Waals surface area contributed by atoms with Crippen LogP contribution >= 0.6 is 11.3 Å². The zero-order valence-corrected chi connectivity index (χ0v) is 14.8. The fourth-order valence-electron chi connectivity index (χ4n) is 3.02. The van der Waals surface area contributed by atoms with E-state index in [1.165, 1.54) is 4.88 Å². The van der Waals surface area contributed by atoms with Crippen LogP contribution in [0.4, 0.5) is 5.95 Å². The van der Waals surface area contributed by atoms with Crippen molar-refractivity contribution in [1.29, 1.82) is 0 Å². The Bertz CT molecular complexity index is 895. The van der Waals surface area contributed by atoms with E-state index < -0.39 is 0 Å². The Morgan fingerprint density at radius 1 is 1.28 bits per heavy atom. The Balaban J connectivity index is 1.47. The lowest BCUT2D eigenvalue weighted by Gasteiger charge is -2.27. The van der Waals surface area contributed by atoms with Crippen molar-refractivity contribution in [1.82, 2.24) is 19.9 Å². The van der Waals surface area contributed by atoms with Gasteiger partial charge in [0.25, 0.3) is 0 Å². The van der Waals surface area contributed by atoms with Crippen molar-refractivity contribution in [2.75, 3.05) is 19.4 Å². The summed E-state index contributed by atoms with van der Waals surface area (Å²) in [6, 6.07) is 8.01. The summed E-state index contributed by atoms with van der Waals surface area (Å²) >= 11 is 1.72. The van der Waals surface area contributed by atoms with Gasteiger partial charge in [-0.25, -0.2) is 15.0 Å². The molecule has 1 aliphatic rings. The van der Waals surface area contributed by atoms with E-state index in [0.717, 1.165) is 53.6 Å². The fraction of sp³-hybridized carbons (Fsp3) is 0.278. The van der Waals surface area contributed by atoms with Gasteiger partial charge in [-0.1, -0.05) is 12.1 Å². The van der Waals surface area contributed by atoms with E-state index in [1.807, 2.05) is 30.6 Å². The van der Waals surface area contributed by atoms with Gasteiger partial charge in [-0.15, -0.1) is 11.3 Å². The standard InChI is InChI=1S/C18H19N5OS/c1-24-14-4-2-3-12(7-14)17-20-9-15(25-17)11-23-6-5-16-13(10-23)8-21-18(19)22-16/h2-4,7-9H,5-6,10-11H2,1H3,(H2,19,21,22). The Morgan fingerprint density at radius 2 is 2.20 bits per heavy atom. The number of methoxy groups -OCH3 is 1. The third-order valence-electron chi connectivity index (χ3n) is 4.28. The van der Waals surface area contributed by atoms with Crippen molar-refractivity contribution in [3.63, 3.8) is 0 Å². The molecule has 0 saturated heterocycles. The van der Waals surface area contributed by atoms with E-state index >= 15 is 0 Å². The maximum absolute atomic E-state index is 5.67. The molecule has 2 aromatic heterocycles. The second-order valence-electron chi connectivity index (χ2n) is 6.02. The van der Waals surface area contributed by atoms with E-state index in [-0.39, 0.29) is 0 Å². The number of anilines is 1. The molecule has 0 aliphatic carbocycles. The molecule has 4 rings (SSSR count). The first-order valence-corrected chi connectivity index (χ1v) is 8.94. The van der Waals surface area contributed by atoms with Crippen molar-refractivity contribution >= 4 is 17.3 Å². The van der Waals surface area contributed by atoms with Gasteiger partial charge in [-0.05, 0) is 12.1 Å². The number of benzene rings is 1. The first kappa shape index (κ1) is 16.0. The summed E-state index contributed by atoms with van der Waals surface area (Å²) in [5.74, 6) is 1.21. The molecule has 128 valence electrons. The van der Waals surface area contributed by atoms with Crippen molar-refractivity contribution in [3.8, 4) is 16.3 Å². The summed E-state index contributed by atoms with van der Waals surface area (Å²) in [6.07, 6.45) is 4.72. The minimum Gasteiger partial charge on any atom is -0.497 e. The van der Waals surface area contributed by atoms with Gasteiger partial charge in [-0.3, -0.25) is 4.90 Å². The molecule has 6 nitrogen and oxygen atoms in total. The predicted octanol–water partition coefficient (Wildman–Crippen LogP) is 2.75. The molecule has 0 fully saturated rings. The largest absolute Gasteiger partial charge is 0.497 e. The fourth-order valence-corrected chi connectivity index (χ4v) is 3.97. The van der Waals surface area contributed by atoms with Crippen molar-refractivity contribution in [3.05, 3.63) is 52.8 Å². The van der Waals surface area contributed by atoms with Crippen LogP contribution in [0.2, 0.25) is 0 Å². The van der Waals surface area contributed by atoms with E-state index in [0.29, 0.717) is 5.95 Å². The third kappa shape index (κ3) is 3.47. The molecule has 3 heterocycles. The quantitative estimate of drug-likeness (QED) is 0.777. The highest BCUT2D eigenvalue weighted by molar-refractivity contribution is 7.15. The van der Waals surface area contributed by atoms with Gasteiger partial charge in [0, 0.05) is 54.5 Å². The third-order valence-corrected chi connectivity index (χ3v) is 5.31. The Morgan fingerprint density at radius 3 is 3.08 bits per heavy atom. The van der Waals surface area contributed by atoms with Crippen LogP contribution in [-0.4, -0.2) is 33.5 Å². The number of nitrogens with zero attached hydrogens (tertiary/aromatic N) is 4. The highest BCUT2D eigenvalue weighted by Crippen LogP contribution is 2.29. The number of nitrogen functional groups attached to an aromatic ring is 1. The minimum atomic E-state index is 0.359. The van der Waals surface area contributed by atoms with Crippen LogP contribution < -0.4 is 10.5 Å². The van der Waals surface area contributed by atoms with Crippen molar-refractivity contribution < 1.29 is 4.74 Å². The number of fused-ring (bicyclic) bond motifs is 1. The Kier molecular flexibility index (Phi) is 4.33. The van der Waals surface area contributed by atoms with Crippen LogP contribution in [0.25, 0.3) is 10.6 Å². The first-order valence-electron chi connectivity index (χ1n) is 8.13. The minimum absolute atomic E-state index is 0.359. The molecule has 0 amide bonds. The summed E-state index contributed by atoms with van der Waals surface area (Å²) in [5.41, 5.74) is 8.99. The van der Waals surface area contributed by atoms with E-state index in [2.05, 4.69) is 25.9 Å². The van der Waals surface area contributed by atoms with E-state index in [9.17, 15) is 0 Å². The summed E-state index contributed by atoms with van der Waals surface area (Å²) < 4.78 is 5.29. The molecule has 1 aromatic carbocycles. The average molecular weight is 353 g/mol. The van der Waals surface area contributed by atoms with Crippen molar-refractivity contribution in [2.24, 2.45) is 0 Å². The summed E-state index contributed by atoms with van der Waals surface area (Å²) in [5, 5.41) is 1.02. The number of aromatic nitrogens is 3. The first-order chi connectivity index (χ1) is 12.2. The van der Waals surface area contributed by atoms with Crippen LogP contribution in [-0.2, 0) is 19.5 Å². The number of hydrogen-bond donors (Lipinski definition) is 1. The second kappa shape index (κ2) is 6.78. The molecule has 0 radical (unpaired) electrons. The highest BCUT2D eigenvalue weighted by atomic mass is 32.1. The van der Waals surface area contributed by atoms with Gasteiger partial charge in [-0.2, -0.15) is 0 Å². The Labute approximate surface area is 150 Å². The lowest BCUT2D eigenvalue weighted by molar-refractivity contribution is 0.245. The number of hydrogen-bond acceptors (Lipinski definition) is 7. The van der Waals surface area contributed by atoms with E-state index in [4.69, 9.17) is 10.5 Å². The van der Waals surface area contributed by atoms with Crippen LogP contribution in [0.15, 0.2) is 36.7 Å².